The van der Waals surface area contributed by atoms with E-state index < -0.39 is 0 Å². The molecule has 0 aromatic carbocycles. The summed E-state index contributed by atoms with van der Waals surface area (Å²) >= 11 is 12.1. The van der Waals surface area contributed by atoms with E-state index in [4.69, 9.17) is 23.2 Å². The van der Waals surface area contributed by atoms with Crippen LogP contribution in [-0.4, -0.2) is 20.7 Å². The molecule has 0 unspecified atom stereocenters. The molecule has 0 spiro atoms. The lowest BCUT2D eigenvalue weighted by molar-refractivity contribution is -0.111. The Morgan fingerprint density at radius 3 is 2.83 bits per heavy atom. The van der Waals surface area contributed by atoms with Crippen LogP contribution in [0.2, 0.25) is 10.2 Å². The van der Waals surface area contributed by atoms with Gasteiger partial charge >= 0.3 is 0 Å². The summed E-state index contributed by atoms with van der Waals surface area (Å²) in [5.74, 6) is 0.141. The number of aryl methyl sites for hydroxylation is 2. The summed E-state index contributed by atoms with van der Waals surface area (Å²) in [6.45, 7) is 4.75. The Balaban J connectivity index is 2.05. The summed E-state index contributed by atoms with van der Waals surface area (Å²) in [6.07, 6.45) is 6.62. The van der Waals surface area contributed by atoms with Crippen molar-refractivity contribution in [2.75, 3.05) is 5.32 Å². The van der Waals surface area contributed by atoms with Crippen LogP contribution >= 0.6 is 23.2 Å². The SMILES string of the molecule is CCCCn1nc(C)c(C=CC(=O)Nc2ccc(Cl)cn2)c1Cl. The molecule has 0 radical (unpaired) electrons. The molecule has 2 rings (SSSR count). The molecule has 2 heterocycles. The molecule has 0 bridgehead atoms. The topological polar surface area (TPSA) is 59.8 Å². The van der Waals surface area contributed by atoms with Crippen LogP contribution in [-0.2, 0) is 11.3 Å². The summed E-state index contributed by atoms with van der Waals surface area (Å²) < 4.78 is 1.76. The number of hydrogen-bond acceptors (Lipinski definition) is 3. The molecule has 0 saturated carbocycles. The van der Waals surface area contributed by atoms with Gasteiger partial charge in [0.1, 0.15) is 11.0 Å². The normalized spacial score (nSPS) is 11.1. The zero-order valence-electron chi connectivity index (χ0n) is 13.0. The second-order valence-corrected chi connectivity index (χ2v) is 5.85. The van der Waals surface area contributed by atoms with Crippen LogP contribution in [0.3, 0.4) is 0 Å². The average Bonchev–Trinajstić information content (AvgIpc) is 2.79. The number of pyridine rings is 1. The summed E-state index contributed by atoms with van der Waals surface area (Å²) in [6, 6.07) is 3.29. The van der Waals surface area contributed by atoms with Gasteiger partial charge in [-0.1, -0.05) is 36.5 Å². The van der Waals surface area contributed by atoms with Gasteiger partial charge in [0.15, 0.2) is 0 Å². The highest BCUT2D eigenvalue weighted by molar-refractivity contribution is 6.31. The number of aromatic nitrogens is 3. The number of carbonyl (C=O) groups excluding carboxylic acids is 1. The first kappa shape index (κ1) is 17.5. The highest BCUT2D eigenvalue weighted by Crippen LogP contribution is 2.21. The first-order valence-corrected chi connectivity index (χ1v) is 8.10. The lowest BCUT2D eigenvalue weighted by Crippen LogP contribution is -2.08. The Kier molecular flexibility index (Phi) is 6.19. The zero-order chi connectivity index (χ0) is 16.8. The van der Waals surface area contributed by atoms with E-state index in [0.29, 0.717) is 16.0 Å². The van der Waals surface area contributed by atoms with Crippen molar-refractivity contribution in [2.45, 2.75) is 33.2 Å². The standard InChI is InChI=1S/C16H18Cl2N4O/c1-3-4-9-22-16(18)13(11(2)21-22)6-8-15(23)20-14-7-5-12(17)10-19-14/h5-8,10H,3-4,9H2,1-2H3,(H,19,20,23). The summed E-state index contributed by atoms with van der Waals surface area (Å²) in [5.41, 5.74) is 1.54. The molecule has 7 heteroatoms. The first-order valence-electron chi connectivity index (χ1n) is 7.34. The van der Waals surface area contributed by atoms with Crippen molar-refractivity contribution in [3.63, 3.8) is 0 Å². The predicted molar refractivity (Wildman–Crippen MR) is 93.8 cm³/mol. The van der Waals surface area contributed by atoms with Crippen molar-refractivity contribution in [3.05, 3.63) is 45.8 Å². The molecule has 0 fully saturated rings. The average molecular weight is 353 g/mol. The van der Waals surface area contributed by atoms with Crippen LogP contribution in [0.1, 0.15) is 31.0 Å². The van der Waals surface area contributed by atoms with Gasteiger partial charge in [-0.05, 0) is 31.6 Å². The van der Waals surface area contributed by atoms with Crippen molar-refractivity contribution in [2.24, 2.45) is 0 Å². The number of rotatable bonds is 6. The van der Waals surface area contributed by atoms with E-state index in [1.165, 1.54) is 12.3 Å². The third kappa shape index (κ3) is 4.81. The van der Waals surface area contributed by atoms with Gasteiger partial charge in [-0.25, -0.2) is 4.98 Å². The van der Waals surface area contributed by atoms with Gasteiger partial charge in [-0.2, -0.15) is 5.10 Å². The highest BCUT2D eigenvalue weighted by Gasteiger charge is 2.11. The van der Waals surface area contributed by atoms with E-state index in [1.807, 2.05) is 6.92 Å². The number of carbonyl (C=O) groups is 1. The Morgan fingerprint density at radius 2 is 2.17 bits per heavy atom. The van der Waals surface area contributed by atoms with Crippen LogP contribution in [0.4, 0.5) is 5.82 Å². The van der Waals surface area contributed by atoms with E-state index in [-0.39, 0.29) is 5.91 Å². The Hall–Kier alpha value is -1.85. The second kappa shape index (κ2) is 8.13. The Labute approximate surface area is 145 Å². The minimum absolute atomic E-state index is 0.295. The summed E-state index contributed by atoms with van der Waals surface area (Å²) in [7, 11) is 0. The number of anilines is 1. The number of nitrogens with one attached hydrogen (secondary N) is 1. The molecule has 0 atom stereocenters. The quantitative estimate of drug-likeness (QED) is 0.786. The summed E-state index contributed by atoms with van der Waals surface area (Å²) in [4.78, 5) is 15.9. The molecule has 23 heavy (non-hydrogen) atoms. The molecule has 0 aliphatic heterocycles. The molecule has 0 aliphatic rings. The number of amides is 1. The smallest absolute Gasteiger partial charge is 0.249 e. The van der Waals surface area contributed by atoms with Gasteiger partial charge in [0, 0.05) is 24.4 Å². The Morgan fingerprint density at radius 1 is 1.39 bits per heavy atom. The number of unbranched alkanes of at least 4 members (excludes halogenated alkanes) is 1. The van der Waals surface area contributed by atoms with Crippen LogP contribution in [0, 0.1) is 6.92 Å². The van der Waals surface area contributed by atoms with Crippen LogP contribution in [0.15, 0.2) is 24.4 Å². The van der Waals surface area contributed by atoms with Crippen LogP contribution in [0.5, 0.6) is 0 Å². The van der Waals surface area contributed by atoms with Crippen molar-refractivity contribution >= 4 is 41.0 Å². The van der Waals surface area contributed by atoms with Crippen molar-refractivity contribution in [1.82, 2.24) is 14.8 Å². The van der Waals surface area contributed by atoms with Gasteiger partial charge in [-0.3, -0.25) is 9.48 Å². The van der Waals surface area contributed by atoms with Crippen LogP contribution < -0.4 is 5.32 Å². The van der Waals surface area contributed by atoms with E-state index in [9.17, 15) is 4.79 Å². The maximum Gasteiger partial charge on any atom is 0.249 e. The fraction of sp³-hybridized carbons (Fsp3) is 0.312. The molecule has 0 aliphatic carbocycles. The fourth-order valence-corrected chi connectivity index (χ4v) is 2.42. The van der Waals surface area contributed by atoms with Crippen molar-refractivity contribution < 1.29 is 4.79 Å². The lowest BCUT2D eigenvalue weighted by atomic mass is 10.2. The van der Waals surface area contributed by atoms with Crippen molar-refractivity contribution in [1.29, 1.82) is 0 Å². The molecule has 122 valence electrons. The van der Waals surface area contributed by atoms with Gasteiger partial charge in [0.25, 0.3) is 0 Å². The number of hydrogen-bond donors (Lipinski definition) is 1. The van der Waals surface area contributed by atoms with Gasteiger partial charge in [0.05, 0.1) is 10.7 Å². The minimum atomic E-state index is -0.295. The second-order valence-electron chi connectivity index (χ2n) is 5.05. The van der Waals surface area contributed by atoms with Gasteiger partial charge < -0.3 is 5.32 Å². The molecule has 2 aromatic heterocycles. The first-order chi connectivity index (χ1) is 11.0. The molecule has 1 amide bonds. The molecular weight excluding hydrogens is 335 g/mol. The molecular formula is C16H18Cl2N4O. The third-order valence-electron chi connectivity index (χ3n) is 3.21. The van der Waals surface area contributed by atoms with Gasteiger partial charge in [0.2, 0.25) is 5.91 Å². The van der Waals surface area contributed by atoms with E-state index in [2.05, 4.69) is 22.3 Å². The monoisotopic (exact) mass is 352 g/mol. The van der Waals surface area contributed by atoms with Crippen LogP contribution in [0.25, 0.3) is 6.08 Å². The molecule has 1 N–H and O–H groups in total. The summed E-state index contributed by atoms with van der Waals surface area (Å²) in [5, 5.41) is 8.11. The lowest BCUT2D eigenvalue weighted by Gasteiger charge is -2.01. The zero-order valence-corrected chi connectivity index (χ0v) is 14.5. The molecule has 5 nitrogen and oxygen atoms in total. The number of nitrogens with zero attached hydrogens (tertiary/aromatic N) is 3. The third-order valence-corrected chi connectivity index (χ3v) is 3.84. The fourth-order valence-electron chi connectivity index (χ4n) is 1.99. The van der Waals surface area contributed by atoms with Crippen molar-refractivity contribution in [3.8, 4) is 0 Å². The van der Waals surface area contributed by atoms with Gasteiger partial charge in [-0.15, -0.1) is 0 Å². The largest absolute Gasteiger partial charge is 0.307 e. The van der Waals surface area contributed by atoms with E-state index in [1.54, 1.807) is 22.9 Å². The maximum absolute atomic E-state index is 11.9. The molecule has 0 saturated heterocycles. The maximum atomic E-state index is 11.9. The van der Waals surface area contributed by atoms with E-state index >= 15 is 0 Å². The highest BCUT2D eigenvalue weighted by atomic mass is 35.5. The van der Waals surface area contributed by atoms with E-state index in [0.717, 1.165) is 30.6 Å². The molecule has 2 aromatic rings. The predicted octanol–water partition coefficient (Wildman–Crippen LogP) is 4.35. The number of halogens is 2. The minimum Gasteiger partial charge on any atom is -0.307 e. The Bertz CT molecular complexity index is 708.